The molecule has 22 heavy (non-hydrogen) atoms. The van der Waals surface area contributed by atoms with Crippen LogP contribution < -0.4 is 5.32 Å². The summed E-state index contributed by atoms with van der Waals surface area (Å²) in [7, 11) is 0. The highest BCUT2D eigenvalue weighted by molar-refractivity contribution is 5.98. The summed E-state index contributed by atoms with van der Waals surface area (Å²) < 4.78 is 4.85. The summed E-state index contributed by atoms with van der Waals surface area (Å²) in [6.45, 7) is 3.62. The lowest BCUT2D eigenvalue weighted by molar-refractivity contribution is -0.146. The average Bonchev–Trinajstić information content (AvgIpc) is 2.53. The number of rotatable bonds is 5. The Morgan fingerprint density at radius 3 is 2.68 bits per heavy atom. The van der Waals surface area contributed by atoms with Crippen molar-refractivity contribution in [2.24, 2.45) is 0 Å². The number of fused-ring (bicyclic) bond motifs is 1. The molecular formula is C18H19NO3. The van der Waals surface area contributed by atoms with Crippen LogP contribution in [0.15, 0.2) is 48.5 Å². The van der Waals surface area contributed by atoms with Crippen LogP contribution in [0.2, 0.25) is 0 Å². The van der Waals surface area contributed by atoms with E-state index in [1.54, 1.807) is 19.9 Å². The summed E-state index contributed by atoms with van der Waals surface area (Å²) in [5, 5.41) is 4.77. The molecule has 0 radical (unpaired) electrons. The molecule has 0 aliphatic carbocycles. The first-order valence-corrected chi connectivity index (χ1v) is 7.24. The Balaban J connectivity index is 2.07. The van der Waals surface area contributed by atoms with Crippen LogP contribution in [0.25, 0.3) is 16.8 Å². The van der Waals surface area contributed by atoms with Gasteiger partial charge in [0.1, 0.15) is 6.04 Å². The van der Waals surface area contributed by atoms with E-state index in [4.69, 9.17) is 4.74 Å². The minimum atomic E-state index is -0.662. The Labute approximate surface area is 129 Å². The minimum absolute atomic E-state index is 0.297. The predicted octanol–water partition coefficient (Wildman–Crippen LogP) is 2.92. The fourth-order valence-corrected chi connectivity index (χ4v) is 2.15. The zero-order valence-corrected chi connectivity index (χ0v) is 12.7. The van der Waals surface area contributed by atoms with Crippen molar-refractivity contribution in [3.8, 4) is 0 Å². The van der Waals surface area contributed by atoms with Gasteiger partial charge in [0.25, 0.3) is 0 Å². The SMILES string of the molecule is CCOC(=O)C(C)NC(=O)/C=C/c1cccc2ccccc12. The highest BCUT2D eigenvalue weighted by atomic mass is 16.5. The summed E-state index contributed by atoms with van der Waals surface area (Å²) in [6.07, 6.45) is 3.17. The molecule has 114 valence electrons. The molecule has 0 fully saturated rings. The van der Waals surface area contributed by atoms with E-state index in [2.05, 4.69) is 5.32 Å². The van der Waals surface area contributed by atoms with Gasteiger partial charge in [-0.2, -0.15) is 0 Å². The number of esters is 1. The molecule has 0 bridgehead atoms. The quantitative estimate of drug-likeness (QED) is 0.682. The van der Waals surface area contributed by atoms with Crippen molar-refractivity contribution in [1.29, 1.82) is 0 Å². The van der Waals surface area contributed by atoms with Gasteiger partial charge in [0.05, 0.1) is 6.61 Å². The first-order chi connectivity index (χ1) is 10.6. The van der Waals surface area contributed by atoms with Gasteiger partial charge in [0.2, 0.25) is 5.91 Å². The standard InChI is InChI=1S/C18H19NO3/c1-3-22-18(21)13(2)19-17(20)12-11-15-9-6-8-14-7-4-5-10-16(14)15/h4-13H,3H2,1-2H3,(H,19,20)/b12-11+. The van der Waals surface area contributed by atoms with Crippen molar-refractivity contribution in [3.63, 3.8) is 0 Å². The number of amides is 1. The lowest BCUT2D eigenvalue weighted by Crippen LogP contribution is -2.38. The van der Waals surface area contributed by atoms with Crippen LogP contribution in [0, 0.1) is 0 Å². The van der Waals surface area contributed by atoms with Gasteiger partial charge >= 0.3 is 5.97 Å². The molecule has 0 aliphatic rings. The molecule has 2 rings (SSSR count). The van der Waals surface area contributed by atoms with Crippen LogP contribution in [0.3, 0.4) is 0 Å². The van der Waals surface area contributed by atoms with Gasteiger partial charge in [-0.05, 0) is 36.3 Å². The molecule has 1 N–H and O–H groups in total. The Morgan fingerprint density at radius 2 is 1.91 bits per heavy atom. The fraction of sp³-hybridized carbons (Fsp3) is 0.222. The molecule has 1 atom stereocenters. The van der Waals surface area contributed by atoms with Crippen LogP contribution in [-0.2, 0) is 14.3 Å². The normalized spacial score (nSPS) is 12.3. The summed E-state index contributed by atoms with van der Waals surface area (Å²) >= 11 is 0. The molecule has 0 heterocycles. The van der Waals surface area contributed by atoms with E-state index in [1.165, 1.54) is 6.08 Å². The second-order valence-electron chi connectivity index (χ2n) is 4.88. The largest absolute Gasteiger partial charge is 0.464 e. The number of hydrogen-bond donors (Lipinski definition) is 1. The maximum Gasteiger partial charge on any atom is 0.328 e. The maximum atomic E-state index is 11.9. The molecule has 0 aromatic heterocycles. The summed E-state index contributed by atoms with van der Waals surface area (Å²) in [6, 6.07) is 13.2. The Kier molecular flexibility index (Phi) is 5.31. The fourth-order valence-electron chi connectivity index (χ4n) is 2.15. The van der Waals surface area contributed by atoms with E-state index in [0.29, 0.717) is 6.61 Å². The molecule has 0 aliphatic heterocycles. The Morgan fingerprint density at radius 1 is 1.18 bits per heavy atom. The van der Waals surface area contributed by atoms with Crippen LogP contribution in [0.4, 0.5) is 0 Å². The van der Waals surface area contributed by atoms with Crippen molar-refractivity contribution < 1.29 is 14.3 Å². The zero-order chi connectivity index (χ0) is 15.9. The van der Waals surface area contributed by atoms with Crippen LogP contribution in [0.1, 0.15) is 19.4 Å². The molecule has 2 aromatic rings. The van der Waals surface area contributed by atoms with Gasteiger partial charge in [0.15, 0.2) is 0 Å². The molecule has 0 saturated heterocycles. The van der Waals surface area contributed by atoms with Gasteiger partial charge in [0, 0.05) is 6.08 Å². The van der Waals surface area contributed by atoms with Crippen molar-refractivity contribution >= 4 is 28.7 Å². The third kappa shape index (κ3) is 3.95. The number of hydrogen-bond acceptors (Lipinski definition) is 3. The first kappa shape index (κ1) is 15.8. The number of carbonyl (C=O) groups is 2. The second-order valence-corrected chi connectivity index (χ2v) is 4.88. The van der Waals surface area contributed by atoms with Crippen molar-refractivity contribution in [3.05, 3.63) is 54.1 Å². The lowest BCUT2D eigenvalue weighted by atomic mass is 10.0. The third-order valence-corrected chi connectivity index (χ3v) is 3.24. The van der Waals surface area contributed by atoms with Gasteiger partial charge in [-0.15, -0.1) is 0 Å². The first-order valence-electron chi connectivity index (χ1n) is 7.24. The average molecular weight is 297 g/mol. The molecule has 1 unspecified atom stereocenters. The Hall–Kier alpha value is -2.62. The van der Waals surface area contributed by atoms with Gasteiger partial charge in [-0.3, -0.25) is 4.79 Å². The van der Waals surface area contributed by atoms with Crippen LogP contribution >= 0.6 is 0 Å². The molecule has 2 aromatic carbocycles. The molecule has 4 heteroatoms. The molecule has 0 saturated carbocycles. The van der Waals surface area contributed by atoms with E-state index >= 15 is 0 Å². The number of carbonyl (C=O) groups excluding carboxylic acids is 2. The highest BCUT2D eigenvalue weighted by Gasteiger charge is 2.14. The van der Waals surface area contributed by atoms with E-state index in [-0.39, 0.29) is 5.91 Å². The minimum Gasteiger partial charge on any atom is -0.464 e. The van der Waals surface area contributed by atoms with Crippen molar-refractivity contribution in [1.82, 2.24) is 5.32 Å². The topological polar surface area (TPSA) is 55.4 Å². The predicted molar refractivity (Wildman–Crippen MR) is 87.2 cm³/mol. The monoisotopic (exact) mass is 297 g/mol. The van der Waals surface area contributed by atoms with E-state index in [0.717, 1.165) is 16.3 Å². The molecule has 1 amide bonds. The van der Waals surface area contributed by atoms with E-state index in [9.17, 15) is 9.59 Å². The molecular weight excluding hydrogens is 278 g/mol. The summed E-state index contributed by atoms with van der Waals surface area (Å²) in [4.78, 5) is 23.3. The summed E-state index contributed by atoms with van der Waals surface area (Å²) in [5.74, 6) is -0.761. The number of nitrogens with one attached hydrogen (secondary N) is 1. The van der Waals surface area contributed by atoms with Crippen LogP contribution in [0.5, 0.6) is 0 Å². The van der Waals surface area contributed by atoms with Crippen molar-refractivity contribution in [2.75, 3.05) is 6.61 Å². The van der Waals surface area contributed by atoms with Crippen LogP contribution in [-0.4, -0.2) is 24.5 Å². The van der Waals surface area contributed by atoms with Crippen molar-refractivity contribution in [2.45, 2.75) is 19.9 Å². The zero-order valence-electron chi connectivity index (χ0n) is 12.7. The highest BCUT2D eigenvalue weighted by Crippen LogP contribution is 2.19. The molecule has 0 spiro atoms. The van der Waals surface area contributed by atoms with Gasteiger partial charge in [-0.25, -0.2) is 4.79 Å². The number of ether oxygens (including phenoxy) is 1. The van der Waals surface area contributed by atoms with Gasteiger partial charge in [-0.1, -0.05) is 42.5 Å². The number of benzene rings is 2. The second kappa shape index (κ2) is 7.41. The van der Waals surface area contributed by atoms with Gasteiger partial charge < -0.3 is 10.1 Å². The van der Waals surface area contributed by atoms with E-state index in [1.807, 2.05) is 42.5 Å². The lowest BCUT2D eigenvalue weighted by Gasteiger charge is -2.10. The maximum absolute atomic E-state index is 11.9. The summed E-state index contributed by atoms with van der Waals surface area (Å²) in [5.41, 5.74) is 0.956. The van der Waals surface area contributed by atoms with E-state index < -0.39 is 12.0 Å². The molecule has 4 nitrogen and oxygen atoms in total. The Bertz CT molecular complexity index is 701. The smallest absolute Gasteiger partial charge is 0.328 e. The third-order valence-electron chi connectivity index (χ3n) is 3.24.